The van der Waals surface area contributed by atoms with E-state index in [1.807, 2.05) is 0 Å². The molecule has 1 rings (SSSR count). The van der Waals surface area contributed by atoms with Crippen LogP contribution < -0.4 is 0 Å². The van der Waals surface area contributed by atoms with Crippen molar-refractivity contribution in [1.29, 1.82) is 0 Å². The van der Waals surface area contributed by atoms with Crippen LogP contribution in [-0.4, -0.2) is 16.6 Å². The first-order valence-corrected chi connectivity index (χ1v) is 2.87. The first-order valence-electron chi connectivity index (χ1n) is 2.87. The molecule has 0 aliphatic carbocycles. The third kappa shape index (κ3) is 4.02. The van der Waals surface area contributed by atoms with Gasteiger partial charge in [-0.25, -0.2) is 4.98 Å². The molecule has 0 aliphatic rings. The molecule has 1 aromatic heterocycles. The highest BCUT2D eigenvalue weighted by Gasteiger charge is 1.90. The van der Waals surface area contributed by atoms with Crippen LogP contribution in [0.15, 0.2) is 18.3 Å². The van der Waals surface area contributed by atoms with E-state index in [4.69, 9.17) is 9.90 Å². The van der Waals surface area contributed by atoms with Crippen molar-refractivity contribution in [3.8, 4) is 0 Å². The van der Waals surface area contributed by atoms with E-state index in [-0.39, 0.29) is 12.4 Å². The topological polar surface area (TPSA) is 50.2 Å². The van der Waals surface area contributed by atoms with Gasteiger partial charge >= 0.3 is 0 Å². The lowest BCUT2D eigenvalue weighted by atomic mass is 10.3. The van der Waals surface area contributed by atoms with Gasteiger partial charge in [0.05, 0.1) is 0 Å². The van der Waals surface area contributed by atoms with E-state index in [9.17, 15) is 4.39 Å². The van der Waals surface area contributed by atoms with Crippen LogP contribution in [0.3, 0.4) is 0 Å². The summed E-state index contributed by atoms with van der Waals surface area (Å²) in [5.74, 6) is -0.382. The van der Waals surface area contributed by atoms with E-state index in [0.717, 1.165) is 0 Å². The van der Waals surface area contributed by atoms with Gasteiger partial charge in [0.2, 0.25) is 5.95 Å². The molecule has 0 saturated heterocycles. The molecule has 0 aliphatic heterocycles. The first-order chi connectivity index (χ1) is 5.22. The number of rotatable bonds is 0. The summed E-state index contributed by atoms with van der Waals surface area (Å²) in [7, 11) is 0. The molecule has 1 heterocycles. The summed E-state index contributed by atoms with van der Waals surface area (Å²) < 4.78 is 12.2. The molecular formula is C7H8FNO2. The molecule has 0 atom stereocenters. The molecule has 0 aromatic carbocycles. The Hall–Kier alpha value is -1.45. The quantitative estimate of drug-likeness (QED) is 0.455. The van der Waals surface area contributed by atoms with Crippen LogP contribution in [-0.2, 0) is 4.79 Å². The minimum absolute atomic E-state index is 0.250. The molecular weight excluding hydrogens is 149 g/mol. The maximum Gasteiger partial charge on any atom is 0.290 e. The molecule has 0 amide bonds. The predicted molar refractivity (Wildman–Crippen MR) is 37.6 cm³/mol. The minimum atomic E-state index is -0.382. The van der Waals surface area contributed by atoms with Gasteiger partial charge in [0.1, 0.15) is 0 Å². The normalized spacial score (nSPS) is 7.82. The van der Waals surface area contributed by atoms with Crippen LogP contribution in [0.5, 0.6) is 0 Å². The van der Waals surface area contributed by atoms with Crippen molar-refractivity contribution in [2.75, 3.05) is 0 Å². The van der Waals surface area contributed by atoms with E-state index in [0.29, 0.717) is 5.56 Å². The third-order valence-corrected chi connectivity index (χ3v) is 0.946. The molecule has 0 saturated carbocycles. The van der Waals surface area contributed by atoms with Crippen molar-refractivity contribution in [2.24, 2.45) is 0 Å². The van der Waals surface area contributed by atoms with Crippen LogP contribution in [0.25, 0.3) is 0 Å². The van der Waals surface area contributed by atoms with Crippen LogP contribution in [0.2, 0.25) is 0 Å². The lowest BCUT2D eigenvalue weighted by Crippen LogP contribution is -1.83. The Labute approximate surface area is 63.5 Å². The molecule has 1 aromatic rings. The molecule has 0 fully saturated rings. The second kappa shape index (κ2) is 5.34. The van der Waals surface area contributed by atoms with Crippen LogP contribution in [0, 0.1) is 12.9 Å². The highest BCUT2D eigenvalue weighted by atomic mass is 19.1. The Morgan fingerprint density at radius 3 is 2.55 bits per heavy atom. The van der Waals surface area contributed by atoms with Crippen molar-refractivity contribution < 1.29 is 14.3 Å². The van der Waals surface area contributed by atoms with Gasteiger partial charge < -0.3 is 5.11 Å². The molecule has 11 heavy (non-hydrogen) atoms. The third-order valence-electron chi connectivity index (χ3n) is 0.946. The van der Waals surface area contributed by atoms with E-state index in [1.54, 1.807) is 19.1 Å². The Morgan fingerprint density at radius 2 is 2.27 bits per heavy atom. The molecule has 1 N–H and O–H groups in total. The maximum atomic E-state index is 12.2. The lowest BCUT2D eigenvalue weighted by Gasteiger charge is -1.88. The van der Waals surface area contributed by atoms with Gasteiger partial charge in [-0.15, -0.1) is 0 Å². The first kappa shape index (κ1) is 9.55. The fraction of sp³-hybridized carbons (Fsp3) is 0.143. The van der Waals surface area contributed by atoms with E-state index in [1.165, 1.54) is 6.20 Å². The van der Waals surface area contributed by atoms with Gasteiger partial charge in [-0.05, 0) is 13.0 Å². The molecule has 60 valence electrons. The highest BCUT2D eigenvalue weighted by molar-refractivity contribution is 5.32. The van der Waals surface area contributed by atoms with Crippen molar-refractivity contribution in [1.82, 2.24) is 4.98 Å². The number of hydrogen-bond acceptors (Lipinski definition) is 2. The number of pyridine rings is 1. The van der Waals surface area contributed by atoms with Gasteiger partial charge in [-0.2, -0.15) is 4.39 Å². The SMILES string of the molecule is Cc1cccnc1F.O=CO. The van der Waals surface area contributed by atoms with Gasteiger partial charge in [0.25, 0.3) is 6.47 Å². The van der Waals surface area contributed by atoms with E-state index in [2.05, 4.69) is 4.98 Å². The number of carbonyl (C=O) groups is 1. The van der Waals surface area contributed by atoms with Gasteiger partial charge in [-0.3, -0.25) is 4.79 Å². The second-order valence-electron chi connectivity index (χ2n) is 1.72. The molecule has 4 heteroatoms. The monoisotopic (exact) mass is 157 g/mol. The fourth-order valence-corrected chi connectivity index (χ4v) is 0.466. The summed E-state index contributed by atoms with van der Waals surface area (Å²) in [6.07, 6.45) is 1.43. The molecule has 0 unspecified atom stereocenters. The summed E-state index contributed by atoms with van der Waals surface area (Å²) in [5.41, 5.74) is 0.590. The van der Waals surface area contributed by atoms with Crippen molar-refractivity contribution in [3.05, 3.63) is 29.8 Å². The van der Waals surface area contributed by atoms with Gasteiger partial charge in [0, 0.05) is 11.8 Å². The Morgan fingerprint density at radius 1 is 1.73 bits per heavy atom. The standard InChI is InChI=1S/C6H6FN.CH2O2/c1-5-3-2-4-8-6(5)7;2-1-3/h2-4H,1H3;1H,(H,2,3). The fourth-order valence-electron chi connectivity index (χ4n) is 0.466. The molecule has 0 spiro atoms. The second-order valence-corrected chi connectivity index (χ2v) is 1.72. The summed E-state index contributed by atoms with van der Waals surface area (Å²) in [6.45, 7) is 1.43. The van der Waals surface area contributed by atoms with Gasteiger partial charge in [-0.1, -0.05) is 6.07 Å². The summed E-state index contributed by atoms with van der Waals surface area (Å²) in [5, 5.41) is 6.89. The average Bonchev–Trinajstić information content (AvgIpc) is 1.97. The van der Waals surface area contributed by atoms with Crippen LogP contribution >= 0.6 is 0 Å². The number of aromatic nitrogens is 1. The van der Waals surface area contributed by atoms with Crippen molar-refractivity contribution in [3.63, 3.8) is 0 Å². The lowest BCUT2D eigenvalue weighted by molar-refractivity contribution is -0.122. The number of nitrogens with zero attached hydrogens (tertiary/aromatic N) is 1. The summed E-state index contributed by atoms with van der Waals surface area (Å²) >= 11 is 0. The maximum absolute atomic E-state index is 12.2. The number of hydrogen-bond donors (Lipinski definition) is 1. The zero-order chi connectivity index (χ0) is 8.69. The Bertz CT molecular complexity index is 206. The number of aryl methyl sites for hydroxylation is 1. The average molecular weight is 157 g/mol. The summed E-state index contributed by atoms with van der Waals surface area (Å²) in [4.78, 5) is 11.8. The van der Waals surface area contributed by atoms with Crippen LogP contribution in [0.1, 0.15) is 5.56 Å². The molecule has 3 nitrogen and oxygen atoms in total. The van der Waals surface area contributed by atoms with Gasteiger partial charge in [0.15, 0.2) is 0 Å². The zero-order valence-corrected chi connectivity index (χ0v) is 5.99. The highest BCUT2D eigenvalue weighted by Crippen LogP contribution is 1.97. The van der Waals surface area contributed by atoms with Crippen molar-refractivity contribution >= 4 is 6.47 Å². The number of carboxylic acid groups (broad SMARTS) is 1. The molecule has 0 radical (unpaired) electrons. The van der Waals surface area contributed by atoms with E-state index >= 15 is 0 Å². The number of halogens is 1. The smallest absolute Gasteiger partial charge is 0.290 e. The largest absolute Gasteiger partial charge is 0.483 e. The zero-order valence-electron chi connectivity index (χ0n) is 5.99. The van der Waals surface area contributed by atoms with Crippen molar-refractivity contribution in [2.45, 2.75) is 6.92 Å². The minimum Gasteiger partial charge on any atom is -0.483 e. The Kier molecular flexibility index (Phi) is 4.64. The molecule has 0 bridgehead atoms. The predicted octanol–water partition coefficient (Wildman–Crippen LogP) is 1.23. The Balaban J connectivity index is 0.000000292. The van der Waals surface area contributed by atoms with Crippen LogP contribution in [0.4, 0.5) is 4.39 Å². The summed E-state index contributed by atoms with van der Waals surface area (Å²) in [6, 6.07) is 3.39. The van der Waals surface area contributed by atoms with E-state index < -0.39 is 0 Å².